The zero-order valence-corrected chi connectivity index (χ0v) is 11.8. The highest BCUT2D eigenvalue weighted by atomic mass is 16.1. The molecule has 0 bridgehead atoms. The quantitative estimate of drug-likeness (QED) is 0.854. The number of anilines is 1. The molecule has 1 aromatic carbocycles. The van der Waals surface area contributed by atoms with E-state index in [2.05, 4.69) is 24.1 Å². The molecular weight excluding hydrogens is 238 g/mol. The summed E-state index contributed by atoms with van der Waals surface area (Å²) in [5.74, 6) is -0.000129. The van der Waals surface area contributed by atoms with Crippen molar-refractivity contribution < 1.29 is 4.79 Å². The van der Waals surface area contributed by atoms with Gasteiger partial charge in [-0.1, -0.05) is 6.92 Å². The maximum atomic E-state index is 11.8. The van der Waals surface area contributed by atoms with E-state index in [0.717, 1.165) is 18.7 Å². The summed E-state index contributed by atoms with van der Waals surface area (Å²) < 4.78 is 0. The van der Waals surface area contributed by atoms with Crippen LogP contribution in [0.25, 0.3) is 0 Å². The lowest BCUT2D eigenvalue weighted by Crippen LogP contribution is -2.31. The summed E-state index contributed by atoms with van der Waals surface area (Å²) in [7, 11) is 2.03. The average molecular weight is 259 g/mol. The monoisotopic (exact) mass is 259 g/mol. The number of amides is 1. The Kier molecular flexibility index (Phi) is 6.04. The van der Waals surface area contributed by atoms with Crippen LogP contribution in [0.4, 0.5) is 5.69 Å². The molecule has 0 aliphatic rings. The summed E-state index contributed by atoms with van der Waals surface area (Å²) in [4.78, 5) is 14.0. The Balaban J connectivity index is 2.40. The number of hydrogen-bond donors (Lipinski definition) is 1. The number of hydrogen-bond acceptors (Lipinski definition) is 3. The minimum atomic E-state index is -0.000129. The third-order valence-corrected chi connectivity index (χ3v) is 3.33. The van der Waals surface area contributed by atoms with E-state index in [-0.39, 0.29) is 5.91 Å². The number of nitrogens with one attached hydrogen (secondary N) is 1. The molecule has 1 aromatic rings. The van der Waals surface area contributed by atoms with Crippen LogP contribution in [-0.2, 0) is 4.79 Å². The van der Waals surface area contributed by atoms with Crippen LogP contribution in [0.3, 0.4) is 0 Å². The van der Waals surface area contributed by atoms with Crippen molar-refractivity contribution in [2.24, 2.45) is 0 Å². The molecule has 0 radical (unpaired) electrons. The molecular formula is C15H21N3O. The molecule has 0 fully saturated rings. The third-order valence-electron chi connectivity index (χ3n) is 3.33. The molecule has 0 spiro atoms. The van der Waals surface area contributed by atoms with Crippen LogP contribution in [0.5, 0.6) is 0 Å². The van der Waals surface area contributed by atoms with E-state index in [1.165, 1.54) is 0 Å². The Morgan fingerprint density at radius 3 is 2.58 bits per heavy atom. The van der Waals surface area contributed by atoms with Crippen LogP contribution in [-0.4, -0.2) is 30.4 Å². The van der Waals surface area contributed by atoms with Crippen molar-refractivity contribution in [2.75, 3.05) is 18.9 Å². The van der Waals surface area contributed by atoms with Gasteiger partial charge in [0.05, 0.1) is 11.6 Å². The molecule has 4 nitrogen and oxygen atoms in total. The fraction of sp³-hybridized carbons (Fsp3) is 0.467. The Hall–Kier alpha value is -1.86. The van der Waals surface area contributed by atoms with Gasteiger partial charge in [0, 0.05) is 24.7 Å². The Bertz CT molecular complexity index is 447. The Morgan fingerprint density at radius 2 is 2.05 bits per heavy atom. The number of nitrogens with zero attached hydrogens (tertiary/aromatic N) is 2. The fourth-order valence-electron chi connectivity index (χ4n) is 1.66. The van der Waals surface area contributed by atoms with Crippen LogP contribution in [0.1, 0.15) is 32.3 Å². The van der Waals surface area contributed by atoms with Crippen molar-refractivity contribution >= 4 is 11.6 Å². The van der Waals surface area contributed by atoms with Gasteiger partial charge in [-0.3, -0.25) is 4.79 Å². The first-order valence-electron chi connectivity index (χ1n) is 6.57. The maximum absolute atomic E-state index is 11.8. The minimum absolute atomic E-state index is 0.000129. The fourth-order valence-corrected chi connectivity index (χ4v) is 1.66. The summed E-state index contributed by atoms with van der Waals surface area (Å²) in [6.45, 7) is 5.04. The second kappa shape index (κ2) is 7.55. The Morgan fingerprint density at radius 1 is 1.42 bits per heavy atom. The van der Waals surface area contributed by atoms with Crippen molar-refractivity contribution in [3.63, 3.8) is 0 Å². The second-order valence-corrected chi connectivity index (χ2v) is 4.73. The number of benzene rings is 1. The summed E-state index contributed by atoms with van der Waals surface area (Å²) in [5, 5.41) is 11.5. The van der Waals surface area contributed by atoms with Crippen molar-refractivity contribution in [2.45, 2.75) is 32.7 Å². The molecule has 4 heteroatoms. The summed E-state index contributed by atoms with van der Waals surface area (Å²) in [6.07, 6.45) is 1.55. The molecule has 102 valence electrons. The second-order valence-electron chi connectivity index (χ2n) is 4.73. The highest BCUT2D eigenvalue weighted by molar-refractivity contribution is 5.90. The maximum Gasteiger partial charge on any atom is 0.225 e. The molecule has 0 aliphatic heterocycles. The number of nitriles is 1. The van der Waals surface area contributed by atoms with Crippen molar-refractivity contribution in [3.8, 4) is 6.07 Å². The van der Waals surface area contributed by atoms with Gasteiger partial charge in [0.2, 0.25) is 5.91 Å². The van der Waals surface area contributed by atoms with Gasteiger partial charge in [-0.2, -0.15) is 5.26 Å². The smallest absolute Gasteiger partial charge is 0.225 e. The predicted octanol–water partition coefficient (Wildman–Crippen LogP) is 2.62. The molecule has 0 aliphatic carbocycles. The molecule has 0 saturated heterocycles. The molecule has 0 aromatic heterocycles. The van der Waals surface area contributed by atoms with Crippen LogP contribution in [0.15, 0.2) is 24.3 Å². The van der Waals surface area contributed by atoms with E-state index in [4.69, 9.17) is 5.26 Å². The van der Waals surface area contributed by atoms with Crippen LogP contribution in [0.2, 0.25) is 0 Å². The van der Waals surface area contributed by atoms with Crippen molar-refractivity contribution in [3.05, 3.63) is 29.8 Å². The molecule has 0 heterocycles. The van der Waals surface area contributed by atoms with Crippen LogP contribution < -0.4 is 5.32 Å². The topological polar surface area (TPSA) is 56.1 Å². The lowest BCUT2D eigenvalue weighted by atomic mass is 10.2. The largest absolute Gasteiger partial charge is 0.326 e. The normalized spacial score (nSPS) is 11.9. The lowest BCUT2D eigenvalue weighted by Gasteiger charge is -2.22. The van der Waals surface area contributed by atoms with Crippen LogP contribution >= 0.6 is 0 Å². The first-order valence-corrected chi connectivity index (χ1v) is 6.57. The molecule has 1 N–H and O–H groups in total. The van der Waals surface area contributed by atoms with Gasteiger partial charge >= 0.3 is 0 Å². The first kappa shape index (κ1) is 15.2. The number of rotatable bonds is 6. The summed E-state index contributed by atoms with van der Waals surface area (Å²) in [6, 6.07) is 9.42. The van der Waals surface area contributed by atoms with E-state index in [1.807, 2.05) is 13.1 Å². The van der Waals surface area contributed by atoms with Gasteiger partial charge < -0.3 is 10.2 Å². The van der Waals surface area contributed by atoms with Gasteiger partial charge in [0.15, 0.2) is 0 Å². The van der Waals surface area contributed by atoms with Crippen molar-refractivity contribution in [1.82, 2.24) is 4.90 Å². The highest BCUT2D eigenvalue weighted by Crippen LogP contribution is 2.09. The molecule has 19 heavy (non-hydrogen) atoms. The third kappa shape index (κ3) is 5.11. The van der Waals surface area contributed by atoms with E-state index in [0.29, 0.717) is 18.0 Å². The van der Waals surface area contributed by atoms with Gasteiger partial charge in [-0.25, -0.2) is 0 Å². The number of carbonyl (C=O) groups is 1. The first-order chi connectivity index (χ1) is 9.06. The standard InChI is InChI=1S/C15H21N3O/c1-4-12(2)18(3)10-9-15(19)17-14-7-5-13(11-16)6-8-14/h5-8,12H,4,9-10H2,1-3H3,(H,17,19). The van der Waals surface area contributed by atoms with Gasteiger partial charge in [-0.15, -0.1) is 0 Å². The molecule has 1 rings (SSSR count). The molecule has 1 atom stereocenters. The zero-order chi connectivity index (χ0) is 14.3. The number of carbonyl (C=O) groups excluding carboxylic acids is 1. The molecule has 1 unspecified atom stereocenters. The van der Waals surface area contributed by atoms with E-state index in [9.17, 15) is 4.79 Å². The van der Waals surface area contributed by atoms with Gasteiger partial charge in [0.25, 0.3) is 0 Å². The average Bonchev–Trinajstić information content (AvgIpc) is 2.44. The van der Waals surface area contributed by atoms with Gasteiger partial charge in [0.1, 0.15) is 0 Å². The lowest BCUT2D eigenvalue weighted by molar-refractivity contribution is -0.116. The van der Waals surface area contributed by atoms with E-state index in [1.54, 1.807) is 24.3 Å². The molecule has 0 saturated carbocycles. The summed E-state index contributed by atoms with van der Waals surface area (Å²) >= 11 is 0. The minimum Gasteiger partial charge on any atom is -0.326 e. The Labute approximate surface area is 115 Å². The summed E-state index contributed by atoms with van der Waals surface area (Å²) in [5.41, 5.74) is 1.32. The van der Waals surface area contributed by atoms with Crippen LogP contribution in [0, 0.1) is 11.3 Å². The SMILES string of the molecule is CCC(C)N(C)CCC(=O)Nc1ccc(C#N)cc1. The van der Waals surface area contributed by atoms with Gasteiger partial charge in [-0.05, 0) is 44.7 Å². The molecule has 1 amide bonds. The van der Waals surface area contributed by atoms with E-state index >= 15 is 0 Å². The predicted molar refractivity (Wildman–Crippen MR) is 76.8 cm³/mol. The zero-order valence-electron chi connectivity index (χ0n) is 11.8. The highest BCUT2D eigenvalue weighted by Gasteiger charge is 2.09. The van der Waals surface area contributed by atoms with E-state index < -0.39 is 0 Å². The van der Waals surface area contributed by atoms with Crippen molar-refractivity contribution in [1.29, 1.82) is 5.26 Å².